The molecule has 3 aromatic heterocycles. The van der Waals surface area contributed by atoms with Crippen LogP contribution < -0.4 is 24.4 Å². The van der Waals surface area contributed by atoms with Crippen LogP contribution in [0.1, 0.15) is 30.4 Å². The second-order valence-electron chi connectivity index (χ2n) is 19.5. The summed E-state index contributed by atoms with van der Waals surface area (Å²) in [6.07, 6.45) is 4.94. The van der Waals surface area contributed by atoms with Crippen LogP contribution in [0.25, 0.3) is 66.6 Å². The Hall–Kier alpha value is -8.45. The van der Waals surface area contributed by atoms with Gasteiger partial charge in [-0.1, -0.05) is 178 Å². The first-order chi connectivity index (χ1) is 37.0. The van der Waals surface area contributed by atoms with E-state index >= 15 is 0 Å². The molecular formula is C65H49BN6OPt-2. The molecular weight excluding hydrogens is 1090 g/mol. The molecule has 0 radical (unpaired) electrons. The van der Waals surface area contributed by atoms with E-state index in [4.69, 9.17) is 13.8 Å². The van der Waals surface area contributed by atoms with Gasteiger partial charge in [-0.3, -0.25) is 0 Å². The fourth-order valence-electron chi connectivity index (χ4n) is 10.5. The Kier molecular flexibility index (Phi) is 11.0. The normalized spacial score (nSPS) is 13.2. The van der Waals surface area contributed by atoms with E-state index in [-0.39, 0.29) is 33.5 Å². The molecule has 0 saturated heterocycles. The summed E-state index contributed by atoms with van der Waals surface area (Å²) < 4.78 is 36.3. The summed E-state index contributed by atoms with van der Waals surface area (Å²) in [6.45, 7) is 3.88. The summed E-state index contributed by atoms with van der Waals surface area (Å²) in [5, 5.41) is 2.02. The van der Waals surface area contributed by atoms with Crippen LogP contribution >= 0.6 is 0 Å². The number of hydrogen-bond donors (Lipinski definition) is 0. The Morgan fingerprint density at radius 2 is 1.16 bits per heavy atom. The Morgan fingerprint density at radius 3 is 1.82 bits per heavy atom. The molecule has 9 heteroatoms. The van der Waals surface area contributed by atoms with Gasteiger partial charge in [-0.15, -0.1) is 29.7 Å². The molecule has 0 amide bonds. The molecule has 4 heterocycles. The van der Waals surface area contributed by atoms with Crippen molar-refractivity contribution in [2.75, 3.05) is 9.62 Å². The van der Waals surface area contributed by atoms with Gasteiger partial charge < -0.3 is 28.1 Å². The van der Waals surface area contributed by atoms with Crippen molar-refractivity contribution in [3.63, 3.8) is 0 Å². The zero-order valence-corrected chi connectivity index (χ0v) is 43.1. The standard InChI is InChI=1S/C65H49BN6O.Pt/c1-65(2,3)47-38-39-67-64(40-47)70-56-37-34-48(41-55(56)54-36-35-51(43-63(54)70)73-50-25-19-24-49(42-50)69-44-68(4)59-30-15-16-31-60(59)69)66-71(57-28-13-11-26-52(57)45-20-7-5-8-21-45)61-32-17-18-33-62(61)72(66)58-29-14-12-27-53(58)46-22-9-6-10-23-46;/h5-41H,1-4H3;/q-2;/i4D3;. The minimum absolute atomic E-state index is 0. The SMILES string of the molecule is [2H]C([2H])([2H])[n+]1[c-]n(-c2[c-]c(Oc3[c-]c4c(cc3)c3cc(B5N(c6ccccc6-c6ccccc6)c6ccccc6N5c5ccccc5-c5ccccc5)ccc3n4-c3cc(C(C)(C)C)ccn3)ccc2)c2ccccc21.[Pt]. The molecule has 0 fully saturated rings. The molecule has 1 aliphatic rings. The monoisotopic (exact) mass is 1140 g/mol. The summed E-state index contributed by atoms with van der Waals surface area (Å²) in [5.74, 6) is 1.68. The molecule has 1 aliphatic heterocycles. The predicted molar refractivity (Wildman–Crippen MR) is 298 cm³/mol. The maximum Gasteiger partial charge on any atom is 0.420 e. The van der Waals surface area contributed by atoms with Crippen LogP contribution in [0.2, 0.25) is 0 Å². The number of para-hydroxylation sites is 6. The van der Waals surface area contributed by atoms with Gasteiger partial charge in [0, 0.05) is 66.8 Å². The molecule has 12 aromatic rings. The number of aryl methyl sites for hydroxylation is 1. The van der Waals surface area contributed by atoms with Crippen LogP contribution in [-0.2, 0) is 33.5 Å². The van der Waals surface area contributed by atoms with Crippen LogP contribution in [-0.4, -0.2) is 21.1 Å². The Labute approximate surface area is 450 Å². The largest absolute Gasteiger partial charge is 0.510 e. The Balaban J connectivity index is 0.00000596. The van der Waals surface area contributed by atoms with Crippen molar-refractivity contribution < 1.29 is 34.5 Å². The van der Waals surface area contributed by atoms with E-state index in [9.17, 15) is 0 Å². The minimum Gasteiger partial charge on any atom is -0.510 e. The van der Waals surface area contributed by atoms with Crippen molar-refractivity contribution in [1.29, 1.82) is 0 Å². The van der Waals surface area contributed by atoms with Crippen molar-refractivity contribution in [1.82, 2.24) is 14.1 Å². The molecule has 74 heavy (non-hydrogen) atoms. The van der Waals surface area contributed by atoms with Gasteiger partial charge in [0.25, 0.3) is 0 Å². The van der Waals surface area contributed by atoms with Gasteiger partial charge in [0.2, 0.25) is 6.33 Å². The van der Waals surface area contributed by atoms with E-state index in [2.05, 4.69) is 223 Å². The molecule has 0 saturated carbocycles. The number of ether oxygens (including phenoxy) is 1. The van der Waals surface area contributed by atoms with E-state index in [1.807, 2.05) is 48.7 Å². The topological polar surface area (TPSA) is 42.3 Å². The molecule has 9 aromatic carbocycles. The molecule has 0 atom stereocenters. The van der Waals surface area contributed by atoms with Gasteiger partial charge in [-0.25, -0.2) is 4.98 Å². The molecule has 7 nitrogen and oxygen atoms in total. The van der Waals surface area contributed by atoms with Crippen molar-refractivity contribution in [2.24, 2.45) is 6.98 Å². The smallest absolute Gasteiger partial charge is 0.420 e. The third-order valence-corrected chi connectivity index (χ3v) is 14.0. The molecule has 0 unspecified atom stereocenters. The molecule has 0 N–H and O–H groups in total. The number of rotatable bonds is 9. The van der Waals surface area contributed by atoms with Crippen LogP contribution in [0.3, 0.4) is 0 Å². The average Bonchev–Trinajstić information content (AvgIpc) is 4.34. The summed E-state index contributed by atoms with van der Waals surface area (Å²) in [5.41, 5.74) is 14.6. The van der Waals surface area contributed by atoms with E-state index < -0.39 is 6.98 Å². The van der Waals surface area contributed by atoms with Crippen LogP contribution in [0, 0.1) is 18.5 Å². The summed E-state index contributed by atoms with van der Waals surface area (Å²) in [4.78, 5) is 10.1. The third-order valence-electron chi connectivity index (χ3n) is 14.0. The number of hydrogen-bond acceptors (Lipinski definition) is 4. The molecule has 0 spiro atoms. The van der Waals surface area contributed by atoms with Gasteiger partial charge in [0.15, 0.2) is 0 Å². The third kappa shape index (κ3) is 8.07. The molecule has 0 aliphatic carbocycles. The first-order valence-corrected chi connectivity index (χ1v) is 24.6. The van der Waals surface area contributed by atoms with Gasteiger partial charge in [-0.05, 0) is 75.4 Å². The number of imidazole rings is 1. The van der Waals surface area contributed by atoms with Gasteiger partial charge in [-0.2, -0.15) is 18.2 Å². The predicted octanol–water partition coefficient (Wildman–Crippen LogP) is 14.5. The number of benzene rings is 9. The van der Waals surface area contributed by atoms with E-state index in [0.717, 1.165) is 83.7 Å². The average molecular weight is 1140 g/mol. The number of aromatic nitrogens is 4. The first-order valence-electron chi connectivity index (χ1n) is 26.1. The van der Waals surface area contributed by atoms with Crippen LogP contribution in [0.15, 0.2) is 225 Å². The number of pyridine rings is 1. The number of anilines is 4. The van der Waals surface area contributed by atoms with Crippen molar-refractivity contribution in [3.05, 3.63) is 249 Å². The maximum absolute atomic E-state index is 8.20. The van der Waals surface area contributed by atoms with E-state index in [1.165, 1.54) is 4.57 Å². The van der Waals surface area contributed by atoms with Crippen LogP contribution in [0.5, 0.6) is 11.5 Å². The van der Waals surface area contributed by atoms with Crippen molar-refractivity contribution >= 4 is 68.0 Å². The number of nitrogens with zero attached hydrogens (tertiary/aromatic N) is 6. The maximum atomic E-state index is 8.20. The zero-order valence-electron chi connectivity index (χ0n) is 43.8. The Morgan fingerprint density at radius 1 is 0.554 bits per heavy atom. The first kappa shape index (κ1) is 43.2. The number of fused-ring (bicyclic) bond motifs is 5. The molecule has 0 bridgehead atoms. The van der Waals surface area contributed by atoms with Crippen molar-refractivity contribution in [2.45, 2.75) is 26.2 Å². The van der Waals surface area contributed by atoms with Crippen LogP contribution in [0.4, 0.5) is 22.7 Å². The van der Waals surface area contributed by atoms with Crippen molar-refractivity contribution in [3.8, 4) is 45.3 Å². The second-order valence-corrected chi connectivity index (χ2v) is 19.5. The second kappa shape index (κ2) is 18.9. The van der Waals surface area contributed by atoms with Gasteiger partial charge >= 0.3 is 6.98 Å². The fraction of sp³-hybridized carbons (Fsp3) is 0.0769. The fourth-order valence-corrected chi connectivity index (χ4v) is 10.5. The van der Waals surface area contributed by atoms with Gasteiger partial charge in [0.05, 0.1) is 33.5 Å². The summed E-state index contributed by atoms with van der Waals surface area (Å²) in [6, 6.07) is 82.7. The summed E-state index contributed by atoms with van der Waals surface area (Å²) >= 11 is 0. The zero-order chi connectivity index (χ0) is 51.7. The van der Waals surface area contributed by atoms with Gasteiger partial charge in [0.1, 0.15) is 5.82 Å². The summed E-state index contributed by atoms with van der Waals surface area (Å²) in [7, 11) is 0. The quantitative estimate of drug-likeness (QED) is 0.0821. The molecule has 360 valence electrons. The molecule has 13 rings (SSSR count). The van der Waals surface area contributed by atoms with E-state index in [0.29, 0.717) is 28.2 Å². The minimum atomic E-state index is -2.42. The Bertz CT molecular complexity index is 4060. The van der Waals surface area contributed by atoms with E-state index in [1.54, 1.807) is 10.6 Å².